The van der Waals surface area contributed by atoms with E-state index in [-0.39, 0.29) is 18.2 Å². The summed E-state index contributed by atoms with van der Waals surface area (Å²) in [5.41, 5.74) is 1.27. The van der Waals surface area contributed by atoms with Crippen molar-refractivity contribution in [3.63, 3.8) is 0 Å². The Bertz CT molecular complexity index is 735. The average molecular weight is 334 g/mol. The number of para-hydroxylation sites is 1. The first-order chi connectivity index (χ1) is 11.5. The number of carbonyl (C=O) groups is 2. The fourth-order valence-corrected chi connectivity index (χ4v) is 2.08. The number of ether oxygens (including phenoxy) is 1. The molecule has 0 fully saturated rings. The van der Waals surface area contributed by atoms with Crippen LogP contribution < -0.4 is 15.4 Å². The van der Waals surface area contributed by atoms with Crippen molar-refractivity contribution in [3.05, 3.63) is 59.7 Å². The van der Waals surface area contributed by atoms with E-state index < -0.39 is 12.5 Å². The van der Waals surface area contributed by atoms with Gasteiger partial charge >= 0.3 is 6.61 Å². The number of carbonyl (C=O) groups excluding carboxylic acids is 2. The maximum Gasteiger partial charge on any atom is 0.387 e. The number of amides is 2. The summed E-state index contributed by atoms with van der Waals surface area (Å²) < 4.78 is 29.2. The zero-order valence-electron chi connectivity index (χ0n) is 12.9. The molecule has 0 bridgehead atoms. The molecule has 0 spiro atoms. The molecular formula is C17H16F2N2O3. The highest BCUT2D eigenvalue weighted by Crippen LogP contribution is 2.20. The van der Waals surface area contributed by atoms with Crippen LogP contribution in [-0.2, 0) is 11.3 Å². The number of anilines is 1. The Kier molecular flexibility index (Phi) is 5.83. The van der Waals surface area contributed by atoms with Crippen LogP contribution in [-0.4, -0.2) is 18.4 Å². The van der Waals surface area contributed by atoms with E-state index in [4.69, 9.17) is 0 Å². The number of benzene rings is 2. The molecule has 2 aromatic carbocycles. The van der Waals surface area contributed by atoms with Crippen LogP contribution in [0.1, 0.15) is 22.8 Å². The number of halogens is 2. The molecule has 0 aliphatic heterocycles. The zero-order valence-corrected chi connectivity index (χ0v) is 12.9. The maximum absolute atomic E-state index is 12.4. The summed E-state index contributed by atoms with van der Waals surface area (Å²) in [6.07, 6.45) is 0. The van der Waals surface area contributed by atoms with Crippen molar-refractivity contribution in [3.8, 4) is 5.75 Å². The van der Waals surface area contributed by atoms with E-state index in [0.29, 0.717) is 16.8 Å². The molecule has 0 radical (unpaired) electrons. The predicted molar refractivity (Wildman–Crippen MR) is 85.0 cm³/mol. The minimum Gasteiger partial charge on any atom is -0.434 e. The SMILES string of the molecule is CC(=O)Nc1cccc(C(=O)NCc2ccccc2OC(F)F)c1. The number of rotatable bonds is 6. The normalized spacial score (nSPS) is 10.3. The Hall–Kier alpha value is -2.96. The van der Waals surface area contributed by atoms with Gasteiger partial charge in [0, 0.05) is 30.3 Å². The Morgan fingerprint density at radius 1 is 1.12 bits per heavy atom. The standard InChI is InChI=1S/C17H16F2N2O3/c1-11(22)21-14-7-4-6-12(9-14)16(23)20-10-13-5-2-3-8-15(13)24-17(18)19/h2-9,17H,10H2,1H3,(H,20,23)(H,21,22). The fraction of sp³-hybridized carbons (Fsp3) is 0.176. The van der Waals surface area contributed by atoms with Gasteiger partial charge in [0.2, 0.25) is 5.91 Å². The van der Waals surface area contributed by atoms with Gasteiger partial charge in [0.1, 0.15) is 5.75 Å². The third kappa shape index (κ3) is 5.05. The van der Waals surface area contributed by atoms with Crippen molar-refractivity contribution in [2.45, 2.75) is 20.1 Å². The summed E-state index contributed by atoms with van der Waals surface area (Å²) >= 11 is 0. The highest BCUT2D eigenvalue weighted by Gasteiger charge is 2.11. The quantitative estimate of drug-likeness (QED) is 0.853. The molecule has 0 aliphatic carbocycles. The van der Waals surface area contributed by atoms with Gasteiger partial charge in [-0.3, -0.25) is 9.59 Å². The molecule has 2 aromatic rings. The molecule has 5 nitrogen and oxygen atoms in total. The summed E-state index contributed by atoms with van der Waals surface area (Å²) in [5, 5.41) is 5.22. The number of hydrogen-bond donors (Lipinski definition) is 2. The van der Waals surface area contributed by atoms with Gasteiger partial charge in [0.25, 0.3) is 5.91 Å². The lowest BCUT2D eigenvalue weighted by molar-refractivity contribution is -0.114. The first kappa shape index (κ1) is 17.4. The molecule has 0 saturated heterocycles. The first-order valence-corrected chi connectivity index (χ1v) is 7.14. The maximum atomic E-state index is 12.4. The van der Waals surface area contributed by atoms with Crippen LogP contribution in [0.15, 0.2) is 48.5 Å². The van der Waals surface area contributed by atoms with Gasteiger partial charge in [0.05, 0.1) is 0 Å². The van der Waals surface area contributed by atoms with E-state index in [9.17, 15) is 18.4 Å². The summed E-state index contributed by atoms with van der Waals surface area (Å²) in [7, 11) is 0. The number of hydrogen-bond acceptors (Lipinski definition) is 3. The molecule has 2 rings (SSSR count). The van der Waals surface area contributed by atoms with Crippen LogP contribution in [0.25, 0.3) is 0 Å². The molecule has 0 heterocycles. The molecule has 24 heavy (non-hydrogen) atoms. The van der Waals surface area contributed by atoms with Gasteiger partial charge in [-0.05, 0) is 24.3 Å². The second kappa shape index (κ2) is 8.05. The topological polar surface area (TPSA) is 67.4 Å². The molecule has 0 aliphatic rings. The van der Waals surface area contributed by atoms with Gasteiger partial charge in [-0.2, -0.15) is 8.78 Å². The van der Waals surface area contributed by atoms with Gasteiger partial charge < -0.3 is 15.4 Å². The second-order valence-corrected chi connectivity index (χ2v) is 4.93. The minimum absolute atomic E-state index is 0.0137. The fourth-order valence-electron chi connectivity index (χ4n) is 2.08. The van der Waals surface area contributed by atoms with Crippen LogP contribution >= 0.6 is 0 Å². The van der Waals surface area contributed by atoms with E-state index in [1.54, 1.807) is 36.4 Å². The molecule has 0 saturated carbocycles. The monoisotopic (exact) mass is 334 g/mol. The largest absolute Gasteiger partial charge is 0.434 e. The van der Waals surface area contributed by atoms with E-state index >= 15 is 0 Å². The van der Waals surface area contributed by atoms with Crippen LogP contribution in [0, 0.1) is 0 Å². The first-order valence-electron chi connectivity index (χ1n) is 7.14. The summed E-state index contributed by atoms with van der Waals surface area (Å²) in [6, 6.07) is 12.6. The molecule has 0 unspecified atom stereocenters. The van der Waals surface area contributed by atoms with Gasteiger partial charge in [-0.1, -0.05) is 24.3 Å². The summed E-state index contributed by atoms with van der Waals surface area (Å²) in [4.78, 5) is 23.2. The average Bonchev–Trinajstić information content (AvgIpc) is 2.53. The van der Waals surface area contributed by atoms with Crippen molar-refractivity contribution in [2.24, 2.45) is 0 Å². The molecule has 0 atom stereocenters. The van der Waals surface area contributed by atoms with Crippen molar-refractivity contribution in [2.75, 3.05) is 5.32 Å². The lowest BCUT2D eigenvalue weighted by Crippen LogP contribution is -2.23. The van der Waals surface area contributed by atoms with E-state index in [0.717, 1.165) is 0 Å². The van der Waals surface area contributed by atoms with E-state index in [2.05, 4.69) is 15.4 Å². The Morgan fingerprint density at radius 2 is 1.88 bits per heavy atom. The predicted octanol–water partition coefficient (Wildman–Crippen LogP) is 3.18. The van der Waals surface area contributed by atoms with Crippen molar-refractivity contribution < 1.29 is 23.1 Å². The van der Waals surface area contributed by atoms with Crippen molar-refractivity contribution >= 4 is 17.5 Å². The Morgan fingerprint density at radius 3 is 2.58 bits per heavy atom. The van der Waals surface area contributed by atoms with E-state index in [1.165, 1.54) is 19.1 Å². The molecule has 7 heteroatoms. The Labute approximate surface area is 137 Å². The smallest absolute Gasteiger partial charge is 0.387 e. The highest BCUT2D eigenvalue weighted by molar-refractivity contribution is 5.96. The Balaban J connectivity index is 2.05. The third-order valence-electron chi connectivity index (χ3n) is 3.07. The molecule has 2 N–H and O–H groups in total. The van der Waals surface area contributed by atoms with Crippen molar-refractivity contribution in [1.29, 1.82) is 0 Å². The summed E-state index contributed by atoms with van der Waals surface area (Å²) in [5.74, 6) is -0.625. The van der Waals surface area contributed by atoms with Crippen LogP contribution in [0.3, 0.4) is 0 Å². The molecular weight excluding hydrogens is 318 g/mol. The van der Waals surface area contributed by atoms with Gasteiger partial charge in [-0.15, -0.1) is 0 Å². The molecule has 126 valence electrons. The van der Waals surface area contributed by atoms with Crippen LogP contribution in [0.2, 0.25) is 0 Å². The highest BCUT2D eigenvalue weighted by atomic mass is 19.3. The van der Waals surface area contributed by atoms with E-state index in [1.807, 2.05) is 0 Å². The summed E-state index contributed by atoms with van der Waals surface area (Å²) in [6.45, 7) is -1.53. The third-order valence-corrected chi connectivity index (χ3v) is 3.07. The van der Waals surface area contributed by atoms with Crippen LogP contribution in [0.4, 0.5) is 14.5 Å². The second-order valence-electron chi connectivity index (χ2n) is 4.93. The lowest BCUT2D eigenvalue weighted by atomic mass is 10.1. The minimum atomic E-state index is -2.93. The number of nitrogens with one attached hydrogen (secondary N) is 2. The van der Waals surface area contributed by atoms with Gasteiger partial charge in [-0.25, -0.2) is 0 Å². The lowest BCUT2D eigenvalue weighted by Gasteiger charge is -2.12. The van der Waals surface area contributed by atoms with Gasteiger partial charge in [0.15, 0.2) is 0 Å². The number of alkyl halides is 2. The molecule has 2 amide bonds. The zero-order chi connectivity index (χ0) is 17.5. The molecule has 0 aromatic heterocycles. The van der Waals surface area contributed by atoms with Crippen LogP contribution in [0.5, 0.6) is 5.75 Å². The van der Waals surface area contributed by atoms with Crippen molar-refractivity contribution in [1.82, 2.24) is 5.32 Å².